The summed E-state index contributed by atoms with van der Waals surface area (Å²) in [5, 5.41) is 0. The first kappa shape index (κ1) is 11.7. The number of methoxy groups -OCH3 is 1. The molecular formula is C11H20O3. The quantitative estimate of drug-likeness (QED) is 0.636. The second kappa shape index (κ2) is 5.47. The van der Waals surface area contributed by atoms with Gasteiger partial charge < -0.3 is 9.47 Å². The standard InChI is InChI=1S/C11H20O3/c1-11(7-3-4-9-14-11)10(12)6-5-8-13-2/h3-9H2,1-2H3. The maximum Gasteiger partial charge on any atom is 0.164 e. The predicted octanol–water partition coefficient (Wildman–Crippen LogP) is 1.94. The van der Waals surface area contributed by atoms with Crippen molar-refractivity contribution in [2.75, 3.05) is 20.3 Å². The normalized spacial score (nSPS) is 27.6. The average molecular weight is 200 g/mol. The number of Topliss-reactive ketones (excluding diaryl/α,β-unsaturated/α-hetero) is 1. The molecule has 0 aliphatic carbocycles. The number of hydrogen-bond acceptors (Lipinski definition) is 3. The molecule has 14 heavy (non-hydrogen) atoms. The van der Waals surface area contributed by atoms with E-state index in [9.17, 15) is 4.79 Å². The topological polar surface area (TPSA) is 35.5 Å². The van der Waals surface area contributed by atoms with Crippen molar-refractivity contribution in [1.82, 2.24) is 0 Å². The summed E-state index contributed by atoms with van der Waals surface area (Å²) in [5.41, 5.74) is -0.508. The van der Waals surface area contributed by atoms with Gasteiger partial charge in [-0.2, -0.15) is 0 Å². The van der Waals surface area contributed by atoms with Gasteiger partial charge in [0.15, 0.2) is 5.78 Å². The predicted molar refractivity (Wildman–Crippen MR) is 54.3 cm³/mol. The maximum atomic E-state index is 11.8. The van der Waals surface area contributed by atoms with Crippen molar-refractivity contribution in [3.8, 4) is 0 Å². The molecule has 0 bridgehead atoms. The Bertz CT molecular complexity index is 183. The molecule has 1 rings (SSSR count). The third-order valence-corrected chi connectivity index (χ3v) is 2.81. The molecule has 1 fully saturated rings. The highest BCUT2D eigenvalue weighted by Gasteiger charge is 2.34. The SMILES string of the molecule is COCCCC(=O)C1(C)CCCCO1. The number of carbonyl (C=O) groups excluding carboxylic acids is 1. The lowest BCUT2D eigenvalue weighted by Gasteiger charge is -2.32. The molecule has 0 radical (unpaired) electrons. The monoisotopic (exact) mass is 200 g/mol. The maximum absolute atomic E-state index is 11.8. The molecule has 1 aliphatic rings. The Labute approximate surface area is 85.8 Å². The fourth-order valence-electron chi connectivity index (χ4n) is 1.80. The van der Waals surface area contributed by atoms with E-state index >= 15 is 0 Å². The highest BCUT2D eigenvalue weighted by molar-refractivity contribution is 5.86. The molecule has 0 amide bonds. The number of rotatable bonds is 5. The van der Waals surface area contributed by atoms with E-state index in [0.717, 1.165) is 32.3 Å². The van der Waals surface area contributed by atoms with E-state index in [0.29, 0.717) is 13.0 Å². The van der Waals surface area contributed by atoms with E-state index in [1.807, 2.05) is 6.92 Å². The van der Waals surface area contributed by atoms with E-state index in [1.54, 1.807) is 7.11 Å². The van der Waals surface area contributed by atoms with Gasteiger partial charge in [-0.1, -0.05) is 0 Å². The molecule has 82 valence electrons. The van der Waals surface area contributed by atoms with Gasteiger partial charge in [-0.3, -0.25) is 4.79 Å². The summed E-state index contributed by atoms with van der Waals surface area (Å²) in [6.45, 7) is 3.30. The second-order valence-electron chi connectivity index (χ2n) is 4.06. The van der Waals surface area contributed by atoms with Crippen LogP contribution in [0.15, 0.2) is 0 Å². The van der Waals surface area contributed by atoms with Crippen molar-refractivity contribution in [3.63, 3.8) is 0 Å². The highest BCUT2D eigenvalue weighted by atomic mass is 16.5. The first-order chi connectivity index (χ1) is 6.69. The first-order valence-corrected chi connectivity index (χ1v) is 5.35. The van der Waals surface area contributed by atoms with E-state index < -0.39 is 5.60 Å². The number of ketones is 1. The lowest BCUT2D eigenvalue weighted by Crippen LogP contribution is -2.41. The van der Waals surface area contributed by atoms with Crippen LogP contribution in [0.4, 0.5) is 0 Å². The number of ether oxygens (including phenoxy) is 2. The number of hydrogen-bond donors (Lipinski definition) is 0. The fourth-order valence-corrected chi connectivity index (χ4v) is 1.80. The highest BCUT2D eigenvalue weighted by Crippen LogP contribution is 2.26. The molecule has 1 heterocycles. The van der Waals surface area contributed by atoms with Gasteiger partial charge in [0.2, 0.25) is 0 Å². The minimum atomic E-state index is -0.508. The molecule has 0 saturated carbocycles. The molecule has 0 aromatic carbocycles. The van der Waals surface area contributed by atoms with Crippen LogP contribution in [-0.4, -0.2) is 31.7 Å². The zero-order valence-corrected chi connectivity index (χ0v) is 9.17. The lowest BCUT2D eigenvalue weighted by molar-refractivity contribution is -0.148. The minimum absolute atomic E-state index is 0.231. The van der Waals surface area contributed by atoms with Crippen LogP contribution in [0.1, 0.15) is 39.0 Å². The van der Waals surface area contributed by atoms with Crippen LogP contribution < -0.4 is 0 Å². The summed E-state index contributed by atoms with van der Waals surface area (Å²) in [6.07, 6.45) is 4.44. The lowest BCUT2D eigenvalue weighted by atomic mass is 9.89. The van der Waals surface area contributed by atoms with Crippen molar-refractivity contribution < 1.29 is 14.3 Å². The molecule has 0 spiro atoms. The third kappa shape index (κ3) is 3.07. The van der Waals surface area contributed by atoms with Gasteiger partial charge in [-0.05, 0) is 32.6 Å². The van der Waals surface area contributed by atoms with E-state index in [2.05, 4.69) is 0 Å². The van der Waals surface area contributed by atoms with Gasteiger partial charge in [0.05, 0.1) is 0 Å². The summed E-state index contributed by atoms with van der Waals surface area (Å²) >= 11 is 0. The fraction of sp³-hybridized carbons (Fsp3) is 0.909. The summed E-state index contributed by atoms with van der Waals surface area (Å²) in [4.78, 5) is 11.8. The largest absolute Gasteiger partial charge is 0.385 e. The van der Waals surface area contributed by atoms with Gasteiger partial charge in [0.25, 0.3) is 0 Å². The molecule has 0 aromatic rings. The Kier molecular flexibility index (Phi) is 4.55. The van der Waals surface area contributed by atoms with Crippen LogP contribution in [0.2, 0.25) is 0 Å². The molecule has 1 aliphatic heterocycles. The van der Waals surface area contributed by atoms with Crippen molar-refractivity contribution in [2.24, 2.45) is 0 Å². The second-order valence-corrected chi connectivity index (χ2v) is 4.06. The van der Waals surface area contributed by atoms with E-state index in [1.165, 1.54) is 0 Å². The molecule has 1 saturated heterocycles. The minimum Gasteiger partial charge on any atom is -0.385 e. The van der Waals surface area contributed by atoms with Gasteiger partial charge in [0, 0.05) is 26.7 Å². The molecule has 1 atom stereocenters. The van der Waals surface area contributed by atoms with Crippen LogP contribution >= 0.6 is 0 Å². The zero-order valence-electron chi connectivity index (χ0n) is 9.17. The van der Waals surface area contributed by atoms with Crippen LogP contribution in [0.5, 0.6) is 0 Å². The Morgan fingerprint density at radius 2 is 2.29 bits per heavy atom. The smallest absolute Gasteiger partial charge is 0.164 e. The van der Waals surface area contributed by atoms with E-state index in [4.69, 9.17) is 9.47 Å². The summed E-state index contributed by atoms with van der Waals surface area (Å²) in [7, 11) is 1.66. The Hall–Kier alpha value is -0.410. The zero-order chi connectivity index (χ0) is 10.4. The molecule has 3 heteroatoms. The van der Waals surface area contributed by atoms with Crippen molar-refractivity contribution >= 4 is 5.78 Å². The van der Waals surface area contributed by atoms with Gasteiger partial charge in [-0.25, -0.2) is 0 Å². The Balaban J connectivity index is 2.33. The molecular weight excluding hydrogens is 180 g/mol. The van der Waals surface area contributed by atoms with Gasteiger partial charge in [-0.15, -0.1) is 0 Å². The van der Waals surface area contributed by atoms with Gasteiger partial charge >= 0.3 is 0 Å². The summed E-state index contributed by atoms with van der Waals surface area (Å²) in [5.74, 6) is 0.231. The third-order valence-electron chi connectivity index (χ3n) is 2.81. The van der Waals surface area contributed by atoms with Gasteiger partial charge in [0.1, 0.15) is 5.60 Å². The van der Waals surface area contributed by atoms with Crippen molar-refractivity contribution in [3.05, 3.63) is 0 Å². The Morgan fingerprint density at radius 1 is 1.50 bits per heavy atom. The Morgan fingerprint density at radius 3 is 2.86 bits per heavy atom. The van der Waals surface area contributed by atoms with Crippen LogP contribution in [0.3, 0.4) is 0 Å². The average Bonchev–Trinajstić information content (AvgIpc) is 2.19. The number of carbonyl (C=O) groups is 1. The molecule has 1 unspecified atom stereocenters. The van der Waals surface area contributed by atoms with E-state index in [-0.39, 0.29) is 5.78 Å². The summed E-state index contributed by atoms with van der Waals surface area (Å²) in [6, 6.07) is 0. The van der Waals surface area contributed by atoms with Crippen LogP contribution in [0.25, 0.3) is 0 Å². The van der Waals surface area contributed by atoms with Crippen molar-refractivity contribution in [2.45, 2.75) is 44.6 Å². The van der Waals surface area contributed by atoms with Crippen LogP contribution in [-0.2, 0) is 14.3 Å². The van der Waals surface area contributed by atoms with Crippen LogP contribution in [0, 0.1) is 0 Å². The van der Waals surface area contributed by atoms with Crippen molar-refractivity contribution in [1.29, 1.82) is 0 Å². The molecule has 0 N–H and O–H groups in total. The summed E-state index contributed by atoms with van der Waals surface area (Å²) < 4.78 is 10.5. The molecule has 0 aromatic heterocycles. The first-order valence-electron chi connectivity index (χ1n) is 5.35. The molecule has 3 nitrogen and oxygen atoms in total.